The third kappa shape index (κ3) is 2.71. The van der Waals surface area contributed by atoms with Crippen LogP contribution in [0.4, 0.5) is 0 Å². The van der Waals surface area contributed by atoms with Gasteiger partial charge in [0, 0.05) is 47.2 Å². The van der Waals surface area contributed by atoms with E-state index in [1.807, 2.05) is 41.3 Å². The molecule has 5 heteroatoms. The standard InChI is InChI=1S/C20H20N2O3/c1-24-14-5-3-4-13(10-14)20(23)22-9-8-19-17(12-22)16-11-15(25-2)6-7-18(16)21-19/h3-7,10-11,21H,8-9,12H2,1-2H3. The summed E-state index contributed by atoms with van der Waals surface area (Å²) in [5, 5.41) is 1.12. The van der Waals surface area contributed by atoms with Gasteiger partial charge in [-0.3, -0.25) is 4.79 Å². The van der Waals surface area contributed by atoms with Crippen molar-refractivity contribution in [3.63, 3.8) is 0 Å². The van der Waals surface area contributed by atoms with Crippen molar-refractivity contribution in [2.75, 3.05) is 20.8 Å². The molecule has 25 heavy (non-hydrogen) atoms. The molecule has 0 atom stereocenters. The molecule has 5 nitrogen and oxygen atoms in total. The van der Waals surface area contributed by atoms with E-state index in [1.165, 1.54) is 11.3 Å². The van der Waals surface area contributed by atoms with Crippen LogP contribution in [0.3, 0.4) is 0 Å². The van der Waals surface area contributed by atoms with Crippen LogP contribution >= 0.6 is 0 Å². The highest BCUT2D eigenvalue weighted by molar-refractivity contribution is 5.95. The third-order valence-corrected chi connectivity index (χ3v) is 4.79. The first-order valence-electron chi connectivity index (χ1n) is 8.30. The molecule has 0 radical (unpaired) electrons. The lowest BCUT2D eigenvalue weighted by molar-refractivity contribution is 0.0734. The second-order valence-electron chi connectivity index (χ2n) is 6.20. The van der Waals surface area contributed by atoms with Crippen LogP contribution in [0.15, 0.2) is 42.5 Å². The predicted molar refractivity (Wildman–Crippen MR) is 96.3 cm³/mol. The Morgan fingerprint density at radius 1 is 1.08 bits per heavy atom. The van der Waals surface area contributed by atoms with Gasteiger partial charge in [-0.1, -0.05) is 6.07 Å². The Hall–Kier alpha value is -2.95. The molecule has 1 aliphatic heterocycles. The molecule has 0 unspecified atom stereocenters. The largest absolute Gasteiger partial charge is 0.497 e. The average molecular weight is 336 g/mol. The number of hydrogen-bond donors (Lipinski definition) is 1. The Kier molecular flexibility index (Phi) is 3.84. The number of nitrogens with one attached hydrogen (secondary N) is 1. The summed E-state index contributed by atoms with van der Waals surface area (Å²) in [6.45, 7) is 1.30. The molecule has 1 aromatic heterocycles. The van der Waals surface area contributed by atoms with E-state index < -0.39 is 0 Å². The van der Waals surface area contributed by atoms with Gasteiger partial charge >= 0.3 is 0 Å². The smallest absolute Gasteiger partial charge is 0.254 e. The van der Waals surface area contributed by atoms with Gasteiger partial charge in [-0.2, -0.15) is 0 Å². The second-order valence-corrected chi connectivity index (χ2v) is 6.20. The number of benzene rings is 2. The van der Waals surface area contributed by atoms with Gasteiger partial charge < -0.3 is 19.4 Å². The molecule has 0 saturated heterocycles. The Labute approximate surface area is 146 Å². The minimum absolute atomic E-state index is 0.0294. The van der Waals surface area contributed by atoms with Crippen molar-refractivity contribution in [2.24, 2.45) is 0 Å². The van der Waals surface area contributed by atoms with E-state index in [0.717, 1.165) is 23.1 Å². The van der Waals surface area contributed by atoms with Crippen LogP contribution in [0.5, 0.6) is 11.5 Å². The van der Waals surface area contributed by atoms with Gasteiger partial charge in [0.1, 0.15) is 11.5 Å². The molecule has 1 amide bonds. The summed E-state index contributed by atoms with van der Waals surface area (Å²) in [5.41, 5.74) is 4.12. The van der Waals surface area contributed by atoms with Gasteiger partial charge in [0.05, 0.1) is 14.2 Å². The number of aromatic amines is 1. The number of hydrogen-bond acceptors (Lipinski definition) is 3. The first-order chi connectivity index (χ1) is 12.2. The summed E-state index contributed by atoms with van der Waals surface area (Å²) in [6.07, 6.45) is 0.821. The lowest BCUT2D eigenvalue weighted by Crippen LogP contribution is -2.35. The molecule has 0 spiro atoms. The van der Waals surface area contributed by atoms with Gasteiger partial charge in [-0.15, -0.1) is 0 Å². The summed E-state index contributed by atoms with van der Waals surface area (Å²) >= 11 is 0. The van der Waals surface area contributed by atoms with Crippen LogP contribution in [-0.2, 0) is 13.0 Å². The van der Waals surface area contributed by atoms with Crippen molar-refractivity contribution in [3.05, 3.63) is 59.3 Å². The van der Waals surface area contributed by atoms with Gasteiger partial charge in [0.15, 0.2) is 0 Å². The maximum absolute atomic E-state index is 12.9. The second kappa shape index (κ2) is 6.16. The van der Waals surface area contributed by atoms with Crippen LogP contribution in [-0.4, -0.2) is 36.6 Å². The minimum Gasteiger partial charge on any atom is -0.497 e. The highest BCUT2D eigenvalue weighted by atomic mass is 16.5. The van der Waals surface area contributed by atoms with Gasteiger partial charge in [0.2, 0.25) is 0 Å². The van der Waals surface area contributed by atoms with Crippen molar-refractivity contribution in [2.45, 2.75) is 13.0 Å². The molecule has 4 rings (SSSR count). The number of nitrogens with zero attached hydrogens (tertiary/aromatic N) is 1. The molecule has 0 aliphatic carbocycles. The number of ether oxygens (including phenoxy) is 2. The number of rotatable bonds is 3. The summed E-state index contributed by atoms with van der Waals surface area (Å²) in [6, 6.07) is 13.3. The maximum Gasteiger partial charge on any atom is 0.254 e. The molecular weight excluding hydrogens is 316 g/mol. The molecule has 0 fully saturated rings. The zero-order valence-electron chi connectivity index (χ0n) is 14.3. The fraction of sp³-hybridized carbons (Fsp3) is 0.250. The zero-order valence-corrected chi connectivity index (χ0v) is 14.3. The lowest BCUT2D eigenvalue weighted by atomic mass is 10.0. The summed E-state index contributed by atoms with van der Waals surface area (Å²) in [7, 11) is 3.27. The number of aromatic nitrogens is 1. The van der Waals surface area contributed by atoms with E-state index >= 15 is 0 Å². The number of carbonyl (C=O) groups is 1. The van der Waals surface area contributed by atoms with Crippen LogP contribution in [0.25, 0.3) is 10.9 Å². The first kappa shape index (κ1) is 15.6. The van der Waals surface area contributed by atoms with Crippen molar-refractivity contribution in [1.29, 1.82) is 0 Å². The Bertz CT molecular complexity index is 945. The van der Waals surface area contributed by atoms with Gasteiger partial charge in [0.25, 0.3) is 5.91 Å². The maximum atomic E-state index is 12.9. The Morgan fingerprint density at radius 3 is 2.68 bits per heavy atom. The zero-order chi connectivity index (χ0) is 17.4. The van der Waals surface area contributed by atoms with E-state index in [2.05, 4.69) is 4.98 Å². The van der Waals surface area contributed by atoms with E-state index in [1.54, 1.807) is 20.3 Å². The SMILES string of the molecule is COc1cccc(C(=O)N2CCc3[nH]c4ccc(OC)cc4c3C2)c1. The molecule has 128 valence electrons. The average Bonchev–Trinajstić information content (AvgIpc) is 3.04. The lowest BCUT2D eigenvalue weighted by Gasteiger charge is -2.27. The number of fused-ring (bicyclic) bond motifs is 3. The summed E-state index contributed by atoms with van der Waals surface area (Å²) in [4.78, 5) is 18.3. The fourth-order valence-corrected chi connectivity index (χ4v) is 3.43. The van der Waals surface area contributed by atoms with E-state index in [9.17, 15) is 4.79 Å². The van der Waals surface area contributed by atoms with Crippen LogP contribution in [0.1, 0.15) is 21.6 Å². The minimum atomic E-state index is 0.0294. The molecular formula is C20H20N2O3. The number of carbonyl (C=O) groups excluding carboxylic acids is 1. The van der Waals surface area contributed by atoms with E-state index in [4.69, 9.17) is 9.47 Å². The third-order valence-electron chi connectivity index (χ3n) is 4.79. The van der Waals surface area contributed by atoms with Crippen molar-refractivity contribution in [3.8, 4) is 11.5 Å². The molecule has 1 aliphatic rings. The Morgan fingerprint density at radius 2 is 1.88 bits per heavy atom. The van der Waals surface area contributed by atoms with Crippen molar-refractivity contribution >= 4 is 16.8 Å². The van der Waals surface area contributed by atoms with E-state index in [-0.39, 0.29) is 5.91 Å². The monoisotopic (exact) mass is 336 g/mol. The number of amides is 1. The van der Waals surface area contributed by atoms with Crippen molar-refractivity contribution < 1.29 is 14.3 Å². The summed E-state index contributed by atoms with van der Waals surface area (Å²) < 4.78 is 10.6. The highest BCUT2D eigenvalue weighted by Crippen LogP contribution is 2.31. The highest BCUT2D eigenvalue weighted by Gasteiger charge is 2.25. The molecule has 0 bridgehead atoms. The first-order valence-corrected chi connectivity index (χ1v) is 8.30. The quantitative estimate of drug-likeness (QED) is 0.798. The topological polar surface area (TPSA) is 54.6 Å². The molecule has 0 saturated carbocycles. The molecule has 2 heterocycles. The molecule has 3 aromatic rings. The Balaban J connectivity index is 1.66. The number of methoxy groups -OCH3 is 2. The fourth-order valence-electron chi connectivity index (χ4n) is 3.43. The van der Waals surface area contributed by atoms with Crippen LogP contribution in [0.2, 0.25) is 0 Å². The normalized spacial score (nSPS) is 13.6. The molecule has 2 aromatic carbocycles. The van der Waals surface area contributed by atoms with Gasteiger partial charge in [-0.05, 0) is 36.4 Å². The van der Waals surface area contributed by atoms with Gasteiger partial charge in [-0.25, -0.2) is 0 Å². The van der Waals surface area contributed by atoms with Crippen LogP contribution < -0.4 is 9.47 Å². The van der Waals surface area contributed by atoms with Crippen LogP contribution in [0, 0.1) is 0 Å². The van der Waals surface area contributed by atoms with Crippen molar-refractivity contribution in [1.82, 2.24) is 9.88 Å². The summed E-state index contributed by atoms with van der Waals surface area (Å²) in [5.74, 6) is 1.55. The van der Waals surface area contributed by atoms with E-state index in [0.29, 0.717) is 24.4 Å². The molecule has 1 N–H and O–H groups in total. The predicted octanol–water partition coefficient (Wildman–Crippen LogP) is 3.38. The number of H-pyrrole nitrogens is 1.